The number of hydrogen-bond acceptors (Lipinski definition) is 5. The summed E-state index contributed by atoms with van der Waals surface area (Å²) in [6.45, 7) is 1.07. The van der Waals surface area contributed by atoms with E-state index in [9.17, 15) is 9.59 Å². The fourth-order valence-corrected chi connectivity index (χ4v) is 2.84. The van der Waals surface area contributed by atoms with Crippen molar-refractivity contribution < 1.29 is 14.3 Å². The standard InChI is InChI=1S/C13H15ClN4O3/c14-11-10(15-3-4-16-11)5-17-12(19)8-1-2-9-7-21-13(20)18(9)6-8/h3-4,8-9H,1-2,5-7H2,(H,17,19)/t8-,9+/m1/s1. The Kier molecular flexibility index (Phi) is 3.92. The van der Waals surface area contributed by atoms with E-state index in [0.29, 0.717) is 18.8 Å². The number of carbonyl (C=O) groups is 2. The second-order valence-electron chi connectivity index (χ2n) is 5.17. The minimum atomic E-state index is -0.325. The average molecular weight is 311 g/mol. The van der Waals surface area contributed by atoms with Gasteiger partial charge in [0.25, 0.3) is 0 Å². The summed E-state index contributed by atoms with van der Waals surface area (Å²) in [4.78, 5) is 33.3. The molecule has 2 fully saturated rings. The maximum absolute atomic E-state index is 12.2. The molecule has 0 unspecified atom stereocenters. The number of fused-ring (bicyclic) bond motifs is 1. The minimum Gasteiger partial charge on any atom is -0.447 e. The molecule has 1 N–H and O–H groups in total. The summed E-state index contributed by atoms with van der Waals surface area (Å²) in [7, 11) is 0. The molecular formula is C13H15ClN4O3. The molecule has 2 aliphatic rings. The third-order valence-corrected chi connectivity index (χ3v) is 4.18. The van der Waals surface area contributed by atoms with Crippen LogP contribution in [-0.4, -0.2) is 46.1 Å². The molecule has 2 atom stereocenters. The Bertz CT molecular complexity index is 568. The molecule has 0 spiro atoms. The van der Waals surface area contributed by atoms with Gasteiger partial charge in [0.15, 0.2) is 5.15 Å². The lowest BCUT2D eigenvalue weighted by Gasteiger charge is -2.31. The first-order valence-corrected chi connectivity index (χ1v) is 7.19. The van der Waals surface area contributed by atoms with Crippen LogP contribution in [0.4, 0.5) is 4.79 Å². The Balaban J connectivity index is 1.56. The molecule has 1 aromatic rings. The molecule has 0 saturated carbocycles. The molecule has 21 heavy (non-hydrogen) atoms. The number of nitrogens with one attached hydrogen (secondary N) is 1. The normalized spacial score (nSPS) is 24.4. The molecule has 0 radical (unpaired) electrons. The molecule has 112 valence electrons. The van der Waals surface area contributed by atoms with E-state index in [0.717, 1.165) is 12.8 Å². The smallest absolute Gasteiger partial charge is 0.410 e. The zero-order valence-electron chi connectivity index (χ0n) is 11.3. The number of rotatable bonds is 3. The summed E-state index contributed by atoms with van der Waals surface area (Å²) in [5.74, 6) is -0.322. The molecule has 8 heteroatoms. The van der Waals surface area contributed by atoms with Crippen molar-refractivity contribution in [2.75, 3.05) is 13.2 Å². The molecule has 0 bridgehead atoms. The van der Waals surface area contributed by atoms with E-state index < -0.39 is 0 Å². The lowest BCUT2D eigenvalue weighted by Crippen LogP contribution is -2.46. The Hall–Kier alpha value is -1.89. The second-order valence-corrected chi connectivity index (χ2v) is 5.53. The lowest BCUT2D eigenvalue weighted by molar-refractivity contribution is -0.126. The van der Waals surface area contributed by atoms with E-state index in [1.165, 1.54) is 12.4 Å². The van der Waals surface area contributed by atoms with E-state index in [2.05, 4.69) is 15.3 Å². The Morgan fingerprint density at radius 2 is 2.24 bits per heavy atom. The van der Waals surface area contributed by atoms with Crippen LogP contribution in [0, 0.1) is 5.92 Å². The zero-order valence-corrected chi connectivity index (χ0v) is 12.0. The quantitative estimate of drug-likeness (QED) is 0.899. The molecule has 1 aromatic heterocycles. The van der Waals surface area contributed by atoms with Crippen molar-refractivity contribution in [3.05, 3.63) is 23.2 Å². The van der Waals surface area contributed by atoms with Crippen molar-refractivity contribution in [2.24, 2.45) is 5.92 Å². The summed E-state index contributed by atoms with van der Waals surface area (Å²) < 4.78 is 4.99. The number of halogens is 1. The summed E-state index contributed by atoms with van der Waals surface area (Å²) >= 11 is 5.89. The average Bonchev–Trinajstić information content (AvgIpc) is 2.87. The highest BCUT2D eigenvalue weighted by Crippen LogP contribution is 2.27. The molecule has 3 heterocycles. The highest BCUT2D eigenvalue weighted by molar-refractivity contribution is 6.29. The SMILES string of the molecule is O=C(NCc1nccnc1Cl)[C@@H]1CC[C@H]2COC(=O)N2C1. The van der Waals surface area contributed by atoms with Gasteiger partial charge in [0.05, 0.1) is 24.2 Å². The third kappa shape index (κ3) is 2.92. The topological polar surface area (TPSA) is 84.4 Å². The zero-order chi connectivity index (χ0) is 14.8. The number of hydrogen-bond donors (Lipinski definition) is 1. The van der Waals surface area contributed by atoms with Crippen LogP contribution >= 0.6 is 11.6 Å². The first-order chi connectivity index (χ1) is 10.1. The number of piperidine rings is 1. The van der Waals surface area contributed by atoms with Gasteiger partial charge in [0, 0.05) is 18.9 Å². The van der Waals surface area contributed by atoms with Crippen molar-refractivity contribution in [3.63, 3.8) is 0 Å². The first kappa shape index (κ1) is 14.1. The van der Waals surface area contributed by atoms with Crippen molar-refractivity contribution >= 4 is 23.6 Å². The molecule has 3 rings (SSSR count). The first-order valence-electron chi connectivity index (χ1n) is 6.81. The van der Waals surface area contributed by atoms with Crippen molar-refractivity contribution in [2.45, 2.75) is 25.4 Å². The van der Waals surface area contributed by atoms with Gasteiger partial charge in [-0.05, 0) is 12.8 Å². The van der Waals surface area contributed by atoms with Gasteiger partial charge in [-0.2, -0.15) is 0 Å². The summed E-state index contributed by atoms with van der Waals surface area (Å²) in [5, 5.41) is 3.08. The molecular weight excluding hydrogens is 296 g/mol. The van der Waals surface area contributed by atoms with Crippen LogP contribution < -0.4 is 5.32 Å². The summed E-state index contributed by atoms with van der Waals surface area (Å²) in [6, 6.07) is 0.121. The van der Waals surface area contributed by atoms with E-state index in [1.54, 1.807) is 4.90 Å². The number of ether oxygens (including phenoxy) is 1. The van der Waals surface area contributed by atoms with Gasteiger partial charge in [0.1, 0.15) is 6.61 Å². The van der Waals surface area contributed by atoms with E-state index in [4.69, 9.17) is 16.3 Å². The Labute approximate surface area is 126 Å². The summed E-state index contributed by atoms with van der Waals surface area (Å²) in [6.07, 6.45) is 4.23. The van der Waals surface area contributed by atoms with Gasteiger partial charge < -0.3 is 15.0 Å². The molecule has 2 amide bonds. The van der Waals surface area contributed by atoms with Gasteiger partial charge in [-0.15, -0.1) is 0 Å². The number of cyclic esters (lactones) is 1. The van der Waals surface area contributed by atoms with Crippen LogP contribution in [0.15, 0.2) is 12.4 Å². The Morgan fingerprint density at radius 1 is 1.43 bits per heavy atom. The highest BCUT2D eigenvalue weighted by atomic mass is 35.5. The Morgan fingerprint density at radius 3 is 3.05 bits per heavy atom. The molecule has 2 saturated heterocycles. The van der Waals surface area contributed by atoms with Crippen LogP contribution in [0.3, 0.4) is 0 Å². The third-order valence-electron chi connectivity index (χ3n) is 3.86. The van der Waals surface area contributed by atoms with Gasteiger partial charge in [-0.1, -0.05) is 11.6 Å². The van der Waals surface area contributed by atoms with Crippen LogP contribution in [-0.2, 0) is 16.1 Å². The number of amides is 2. The van der Waals surface area contributed by atoms with E-state index in [1.807, 2.05) is 0 Å². The molecule has 0 aliphatic carbocycles. The maximum Gasteiger partial charge on any atom is 0.410 e. The van der Waals surface area contributed by atoms with Gasteiger partial charge in [-0.3, -0.25) is 9.78 Å². The fraction of sp³-hybridized carbons (Fsp3) is 0.538. The van der Waals surface area contributed by atoms with Crippen molar-refractivity contribution in [1.29, 1.82) is 0 Å². The van der Waals surface area contributed by atoms with Crippen molar-refractivity contribution in [3.8, 4) is 0 Å². The van der Waals surface area contributed by atoms with Crippen LogP contribution in [0.1, 0.15) is 18.5 Å². The van der Waals surface area contributed by atoms with Crippen LogP contribution in [0.2, 0.25) is 5.15 Å². The van der Waals surface area contributed by atoms with Gasteiger partial charge in [-0.25, -0.2) is 9.78 Å². The van der Waals surface area contributed by atoms with Crippen molar-refractivity contribution in [1.82, 2.24) is 20.2 Å². The predicted octanol–water partition coefficient (Wildman–Crippen LogP) is 0.977. The second kappa shape index (κ2) is 5.85. The van der Waals surface area contributed by atoms with E-state index in [-0.39, 0.29) is 35.7 Å². The number of aromatic nitrogens is 2. The van der Waals surface area contributed by atoms with E-state index >= 15 is 0 Å². The highest BCUT2D eigenvalue weighted by Gasteiger charge is 2.40. The largest absolute Gasteiger partial charge is 0.447 e. The van der Waals surface area contributed by atoms with Crippen LogP contribution in [0.25, 0.3) is 0 Å². The molecule has 0 aromatic carbocycles. The van der Waals surface area contributed by atoms with Gasteiger partial charge in [0.2, 0.25) is 5.91 Å². The maximum atomic E-state index is 12.2. The molecule has 7 nitrogen and oxygen atoms in total. The van der Waals surface area contributed by atoms with Gasteiger partial charge >= 0.3 is 6.09 Å². The predicted molar refractivity (Wildman–Crippen MR) is 73.5 cm³/mol. The summed E-state index contributed by atoms with van der Waals surface area (Å²) in [5.41, 5.74) is 0.529. The fourth-order valence-electron chi connectivity index (χ4n) is 2.67. The monoisotopic (exact) mass is 310 g/mol. The number of nitrogens with zero attached hydrogens (tertiary/aromatic N) is 3. The minimum absolute atomic E-state index is 0.102. The molecule has 2 aliphatic heterocycles. The number of carbonyl (C=O) groups excluding carboxylic acids is 2. The lowest BCUT2D eigenvalue weighted by atomic mass is 9.93. The van der Waals surface area contributed by atoms with Crippen LogP contribution in [0.5, 0.6) is 0 Å².